The van der Waals surface area contributed by atoms with E-state index in [0.29, 0.717) is 5.75 Å². The molecule has 3 nitrogen and oxygen atoms in total. The summed E-state index contributed by atoms with van der Waals surface area (Å²) in [4.78, 5) is 0. The van der Waals surface area contributed by atoms with Crippen molar-refractivity contribution >= 4 is 0 Å². The van der Waals surface area contributed by atoms with Gasteiger partial charge in [0.15, 0.2) is 0 Å². The van der Waals surface area contributed by atoms with Gasteiger partial charge in [-0.05, 0) is 49.6 Å². The molecule has 3 heteroatoms. The van der Waals surface area contributed by atoms with E-state index in [1.165, 1.54) is 5.56 Å². The fraction of sp³-hybridized carbons (Fsp3) is 0.333. The summed E-state index contributed by atoms with van der Waals surface area (Å²) in [7, 11) is 0. The zero-order chi connectivity index (χ0) is 13.1. The predicted molar refractivity (Wildman–Crippen MR) is 71.5 cm³/mol. The molecule has 0 unspecified atom stereocenters. The van der Waals surface area contributed by atoms with Crippen molar-refractivity contribution in [2.75, 3.05) is 0 Å². The minimum atomic E-state index is 0.175. The summed E-state index contributed by atoms with van der Waals surface area (Å²) in [6.07, 6.45) is 1.68. The third-order valence-electron chi connectivity index (χ3n) is 3.13. The Morgan fingerprint density at radius 1 is 1.28 bits per heavy atom. The summed E-state index contributed by atoms with van der Waals surface area (Å²) in [6.45, 7) is 6.66. The van der Waals surface area contributed by atoms with Gasteiger partial charge in [-0.2, -0.15) is 0 Å². The van der Waals surface area contributed by atoms with Gasteiger partial charge in [-0.25, -0.2) is 0 Å². The number of nitrogens with one attached hydrogen (secondary N) is 1. The molecule has 0 saturated carbocycles. The monoisotopic (exact) mass is 245 g/mol. The highest BCUT2D eigenvalue weighted by Crippen LogP contribution is 2.23. The van der Waals surface area contributed by atoms with Crippen LogP contribution in [-0.4, -0.2) is 5.11 Å². The Kier molecular flexibility index (Phi) is 3.72. The van der Waals surface area contributed by atoms with E-state index < -0.39 is 0 Å². The lowest BCUT2D eigenvalue weighted by molar-refractivity contribution is 0.429. The Bertz CT molecular complexity index is 494. The fourth-order valence-corrected chi connectivity index (χ4v) is 2.06. The van der Waals surface area contributed by atoms with Crippen LogP contribution in [0, 0.1) is 13.8 Å². The molecule has 2 aromatic rings. The first-order chi connectivity index (χ1) is 8.58. The molecule has 2 rings (SSSR count). The van der Waals surface area contributed by atoms with Crippen molar-refractivity contribution in [2.24, 2.45) is 0 Å². The molecule has 0 amide bonds. The van der Waals surface area contributed by atoms with Crippen molar-refractivity contribution in [2.45, 2.75) is 33.4 Å². The highest BCUT2D eigenvalue weighted by Gasteiger charge is 2.08. The third kappa shape index (κ3) is 2.74. The zero-order valence-electron chi connectivity index (χ0n) is 11.0. The summed E-state index contributed by atoms with van der Waals surface area (Å²) >= 11 is 0. The Morgan fingerprint density at radius 2 is 1.94 bits per heavy atom. The second-order valence-corrected chi connectivity index (χ2v) is 4.70. The first-order valence-corrected chi connectivity index (χ1v) is 6.14. The first-order valence-electron chi connectivity index (χ1n) is 6.14. The molecule has 96 valence electrons. The van der Waals surface area contributed by atoms with Gasteiger partial charge in [0.1, 0.15) is 11.5 Å². The van der Waals surface area contributed by atoms with Gasteiger partial charge < -0.3 is 14.8 Å². The van der Waals surface area contributed by atoms with Crippen LogP contribution in [0.3, 0.4) is 0 Å². The fourth-order valence-electron chi connectivity index (χ4n) is 2.06. The molecule has 0 saturated heterocycles. The summed E-state index contributed by atoms with van der Waals surface area (Å²) in [5.41, 5.74) is 3.00. The van der Waals surface area contributed by atoms with Gasteiger partial charge in [0.05, 0.1) is 12.3 Å². The molecule has 0 aliphatic carbocycles. The number of benzene rings is 1. The van der Waals surface area contributed by atoms with E-state index in [4.69, 9.17) is 4.42 Å². The minimum Gasteiger partial charge on any atom is -0.507 e. The number of phenols is 1. The largest absolute Gasteiger partial charge is 0.507 e. The van der Waals surface area contributed by atoms with Crippen molar-refractivity contribution in [1.82, 2.24) is 5.32 Å². The molecule has 18 heavy (non-hydrogen) atoms. The quantitative estimate of drug-likeness (QED) is 0.867. The Hall–Kier alpha value is -1.74. The standard InChI is InChI=1S/C15H19NO2/c1-10-7-13(8-11(2)15(10)17)9-16-12(3)14-5-4-6-18-14/h4-8,12,16-17H,9H2,1-3H3/t12-/m0/s1. The SMILES string of the molecule is Cc1cc(CN[C@@H](C)c2ccco2)cc(C)c1O. The third-order valence-corrected chi connectivity index (χ3v) is 3.13. The molecule has 1 aromatic heterocycles. The minimum absolute atomic E-state index is 0.175. The number of phenolic OH excluding ortho intramolecular Hbond substituents is 1. The highest BCUT2D eigenvalue weighted by atomic mass is 16.3. The number of rotatable bonds is 4. The lowest BCUT2D eigenvalue weighted by Crippen LogP contribution is -2.17. The molecule has 0 fully saturated rings. The van der Waals surface area contributed by atoms with E-state index in [2.05, 4.69) is 12.2 Å². The Labute approximate surface area is 107 Å². The smallest absolute Gasteiger partial charge is 0.121 e. The maximum atomic E-state index is 9.72. The van der Waals surface area contributed by atoms with E-state index in [0.717, 1.165) is 23.4 Å². The van der Waals surface area contributed by atoms with Crippen molar-refractivity contribution in [3.8, 4) is 5.75 Å². The van der Waals surface area contributed by atoms with E-state index in [1.54, 1.807) is 6.26 Å². The average molecular weight is 245 g/mol. The molecule has 0 spiro atoms. The van der Waals surface area contributed by atoms with Gasteiger partial charge in [-0.15, -0.1) is 0 Å². The van der Waals surface area contributed by atoms with Crippen LogP contribution in [0.25, 0.3) is 0 Å². The van der Waals surface area contributed by atoms with Gasteiger partial charge in [-0.1, -0.05) is 12.1 Å². The normalized spacial score (nSPS) is 12.6. The van der Waals surface area contributed by atoms with Crippen LogP contribution in [-0.2, 0) is 6.54 Å². The first kappa shape index (κ1) is 12.7. The molecule has 1 atom stereocenters. The van der Waals surface area contributed by atoms with E-state index in [9.17, 15) is 5.11 Å². The van der Waals surface area contributed by atoms with Crippen LogP contribution in [0.15, 0.2) is 34.9 Å². The van der Waals surface area contributed by atoms with Crippen LogP contribution in [0.4, 0.5) is 0 Å². The molecule has 1 heterocycles. The second-order valence-electron chi connectivity index (χ2n) is 4.70. The van der Waals surface area contributed by atoms with Crippen LogP contribution >= 0.6 is 0 Å². The number of hydrogen-bond donors (Lipinski definition) is 2. The average Bonchev–Trinajstić information content (AvgIpc) is 2.86. The van der Waals surface area contributed by atoms with Crippen molar-refractivity contribution in [1.29, 1.82) is 0 Å². The highest BCUT2D eigenvalue weighted by molar-refractivity contribution is 5.42. The number of hydrogen-bond acceptors (Lipinski definition) is 3. The van der Waals surface area contributed by atoms with Gasteiger partial charge in [0, 0.05) is 6.54 Å². The van der Waals surface area contributed by atoms with Crippen LogP contribution in [0.2, 0.25) is 0 Å². The second kappa shape index (κ2) is 5.27. The lowest BCUT2D eigenvalue weighted by atomic mass is 10.1. The maximum absolute atomic E-state index is 9.72. The molecule has 0 bridgehead atoms. The van der Waals surface area contributed by atoms with Crippen molar-refractivity contribution in [3.05, 3.63) is 53.0 Å². The molecular weight excluding hydrogens is 226 g/mol. The van der Waals surface area contributed by atoms with Crippen LogP contribution in [0.1, 0.15) is 35.4 Å². The van der Waals surface area contributed by atoms with Crippen LogP contribution in [0.5, 0.6) is 5.75 Å². The Morgan fingerprint density at radius 3 is 2.50 bits per heavy atom. The maximum Gasteiger partial charge on any atom is 0.121 e. The lowest BCUT2D eigenvalue weighted by Gasteiger charge is -2.13. The summed E-state index contributed by atoms with van der Waals surface area (Å²) in [6, 6.07) is 8.04. The van der Waals surface area contributed by atoms with E-state index in [1.807, 2.05) is 38.1 Å². The predicted octanol–water partition coefficient (Wildman–Crippen LogP) is 3.45. The van der Waals surface area contributed by atoms with Gasteiger partial charge in [-0.3, -0.25) is 0 Å². The number of aromatic hydroxyl groups is 1. The molecular formula is C15H19NO2. The molecule has 2 N–H and O–H groups in total. The molecule has 0 radical (unpaired) electrons. The summed E-state index contributed by atoms with van der Waals surface area (Å²) < 4.78 is 5.35. The van der Waals surface area contributed by atoms with Crippen molar-refractivity contribution in [3.63, 3.8) is 0 Å². The van der Waals surface area contributed by atoms with E-state index >= 15 is 0 Å². The van der Waals surface area contributed by atoms with Crippen LogP contribution < -0.4 is 5.32 Å². The van der Waals surface area contributed by atoms with Gasteiger partial charge >= 0.3 is 0 Å². The molecule has 0 aliphatic rings. The van der Waals surface area contributed by atoms with E-state index in [-0.39, 0.29) is 6.04 Å². The Balaban J connectivity index is 2.02. The summed E-state index contributed by atoms with van der Waals surface area (Å²) in [5, 5.41) is 13.1. The summed E-state index contributed by atoms with van der Waals surface area (Å²) in [5.74, 6) is 1.32. The number of aryl methyl sites for hydroxylation is 2. The van der Waals surface area contributed by atoms with Gasteiger partial charge in [0.25, 0.3) is 0 Å². The zero-order valence-corrected chi connectivity index (χ0v) is 11.0. The molecule has 0 aliphatic heterocycles. The van der Waals surface area contributed by atoms with Crippen molar-refractivity contribution < 1.29 is 9.52 Å². The number of furan rings is 1. The molecule has 1 aromatic carbocycles. The van der Waals surface area contributed by atoms with Gasteiger partial charge in [0.2, 0.25) is 0 Å². The topological polar surface area (TPSA) is 45.4 Å².